The molecule has 0 heterocycles. The van der Waals surface area contributed by atoms with Gasteiger partial charge in [-0.1, -0.05) is 20.8 Å². The van der Waals surface area contributed by atoms with Crippen molar-refractivity contribution in [1.82, 2.24) is 4.90 Å². The van der Waals surface area contributed by atoms with E-state index < -0.39 is 11.9 Å². The van der Waals surface area contributed by atoms with Gasteiger partial charge in [0.15, 0.2) is 0 Å². The van der Waals surface area contributed by atoms with E-state index in [0.717, 1.165) is 6.42 Å². The molecular formula is C10H18N2O2. The first kappa shape index (κ1) is 12.9. The smallest absolute Gasteiger partial charge is 0.307 e. The summed E-state index contributed by atoms with van der Waals surface area (Å²) in [6.07, 6.45) is 0.733. The number of hydrogen-bond acceptors (Lipinski definition) is 3. The third-order valence-corrected chi connectivity index (χ3v) is 2.31. The Kier molecular flexibility index (Phi) is 5.89. The number of carbonyl (C=O) groups is 1. The van der Waals surface area contributed by atoms with E-state index in [9.17, 15) is 4.79 Å². The van der Waals surface area contributed by atoms with Crippen LogP contribution < -0.4 is 0 Å². The summed E-state index contributed by atoms with van der Waals surface area (Å²) in [4.78, 5) is 12.5. The Hall–Kier alpha value is -1.08. The van der Waals surface area contributed by atoms with Gasteiger partial charge in [-0.3, -0.25) is 9.69 Å². The van der Waals surface area contributed by atoms with E-state index in [1.54, 1.807) is 6.92 Å². The Balaban J connectivity index is 4.28. The summed E-state index contributed by atoms with van der Waals surface area (Å²) in [7, 11) is 0. The van der Waals surface area contributed by atoms with Gasteiger partial charge in [0.05, 0.1) is 18.0 Å². The highest BCUT2D eigenvalue weighted by atomic mass is 16.4. The lowest BCUT2D eigenvalue weighted by Gasteiger charge is -2.26. The van der Waals surface area contributed by atoms with Crippen LogP contribution >= 0.6 is 0 Å². The second-order valence-electron chi connectivity index (χ2n) is 3.38. The van der Waals surface area contributed by atoms with Crippen molar-refractivity contribution in [2.24, 2.45) is 5.92 Å². The Labute approximate surface area is 85.1 Å². The Morgan fingerprint density at radius 2 is 2.14 bits per heavy atom. The van der Waals surface area contributed by atoms with Crippen LogP contribution in [0.3, 0.4) is 0 Å². The summed E-state index contributed by atoms with van der Waals surface area (Å²) in [6, 6.07) is 2.02. The standard InChI is InChI=1S/C10H18N2O2/c1-4-9(6-11)12(5-2)7-8(3)10(13)14/h8-9H,4-5,7H2,1-3H3,(H,13,14). The molecule has 0 aromatic carbocycles. The first-order chi connectivity index (χ1) is 6.56. The van der Waals surface area contributed by atoms with Crippen molar-refractivity contribution in [1.29, 1.82) is 5.26 Å². The van der Waals surface area contributed by atoms with Crippen molar-refractivity contribution in [3.8, 4) is 6.07 Å². The lowest BCUT2D eigenvalue weighted by molar-refractivity contribution is -0.141. The van der Waals surface area contributed by atoms with Crippen molar-refractivity contribution in [3.05, 3.63) is 0 Å². The molecule has 2 unspecified atom stereocenters. The molecular weight excluding hydrogens is 180 g/mol. The molecule has 4 heteroatoms. The highest BCUT2D eigenvalue weighted by Crippen LogP contribution is 2.07. The summed E-state index contributed by atoms with van der Waals surface area (Å²) < 4.78 is 0. The summed E-state index contributed by atoms with van der Waals surface area (Å²) >= 11 is 0. The fourth-order valence-corrected chi connectivity index (χ4v) is 1.34. The van der Waals surface area contributed by atoms with E-state index in [1.165, 1.54) is 0 Å². The molecule has 0 rings (SSSR count). The number of carboxylic acids is 1. The maximum Gasteiger partial charge on any atom is 0.307 e. The molecule has 0 amide bonds. The van der Waals surface area contributed by atoms with Gasteiger partial charge < -0.3 is 5.11 Å². The molecule has 0 aromatic heterocycles. The molecule has 1 N–H and O–H groups in total. The van der Waals surface area contributed by atoms with Gasteiger partial charge in [0.1, 0.15) is 0 Å². The van der Waals surface area contributed by atoms with Gasteiger partial charge in [-0.25, -0.2) is 0 Å². The molecule has 2 atom stereocenters. The maximum atomic E-state index is 10.6. The second kappa shape index (κ2) is 6.39. The molecule has 0 aliphatic heterocycles. The largest absolute Gasteiger partial charge is 0.481 e. The van der Waals surface area contributed by atoms with Crippen LogP contribution in [0.4, 0.5) is 0 Å². The van der Waals surface area contributed by atoms with Gasteiger partial charge in [0.25, 0.3) is 0 Å². The Bertz CT molecular complexity index is 223. The minimum Gasteiger partial charge on any atom is -0.481 e. The molecule has 0 bridgehead atoms. The van der Waals surface area contributed by atoms with Gasteiger partial charge in [0, 0.05) is 6.54 Å². The maximum absolute atomic E-state index is 10.6. The molecule has 0 aliphatic carbocycles. The lowest BCUT2D eigenvalue weighted by atomic mass is 10.1. The van der Waals surface area contributed by atoms with Crippen LogP contribution in [0.2, 0.25) is 0 Å². The minimum absolute atomic E-state index is 0.165. The quantitative estimate of drug-likeness (QED) is 0.699. The Morgan fingerprint density at radius 1 is 1.57 bits per heavy atom. The van der Waals surface area contributed by atoms with Gasteiger partial charge in [-0.2, -0.15) is 5.26 Å². The van der Waals surface area contributed by atoms with E-state index in [1.807, 2.05) is 18.7 Å². The predicted octanol–water partition coefficient (Wildman–Crippen LogP) is 1.33. The van der Waals surface area contributed by atoms with E-state index in [0.29, 0.717) is 13.1 Å². The van der Waals surface area contributed by atoms with Crippen molar-refractivity contribution in [2.45, 2.75) is 33.2 Å². The fourth-order valence-electron chi connectivity index (χ4n) is 1.34. The molecule has 0 spiro atoms. The topological polar surface area (TPSA) is 64.3 Å². The van der Waals surface area contributed by atoms with E-state index in [4.69, 9.17) is 10.4 Å². The highest BCUT2D eigenvalue weighted by molar-refractivity contribution is 5.69. The van der Waals surface area contributed by atoms with Crippen molar-refractivity contribution < 1.29 is 9.90 Å². The van der Waals surface area contributed by atoms with Crippen molar-refractivity contribution >= 4 is 5.97 Å². The van der Waals surface area contributed by atoms with E-state index in [-0.39, 0.29) is 6.04 Å². The average Bonchev–Trinajstić information content (AvgIpc) is 2.17. The number of hydrogen-bond donors (Lipinski definition) is 1. The van der Waals surface area contributed by atoms with Crippen LogP contribution in [0.1, 0.15) is 27.2 Å². The van der Waals surface area contributed by atoms with Crippen LogP contribution in [-0.2, 0) is 4.79 Å². The first-order valence-electron chi connectivity index (χ1n) is 4.93. The SMILES string of the molecule is CCC(C#N)N(CC)CC(C)C(=O)O. The molecule has 0 radical (unpaired) electrons. The molecule has 4 nitrogen and oxygen atoms in total. The van der Waals surface area contributed by atoms with Crippen molar-refractivity contribution in [3.63, 3.8) is 0 Å². The number of carboxylic acid groups (broad SMARTS) is 1. The Morgan fingerprint density at radius 3 is 2.43 bits per heavy atom. The molecule has 0 aromatic rings. The normalized spacial score (nSPS) is 14.8. The average molecular weight is 198 g/mol. The fraction of sp³-hybridized carbons (Fsp3) is 0.800. The highest BCUT2D eigenvalue weighted by Gasteiger charge is 2.20. The third-order valence-electron chi connectivity index (χ3n) is 2.31. The molecule has 0 saturated heterocycles. The number of aliphatic carboxylic acids is 1. The monoisotopic (exact) mass is 198 g/mol. The van der Waals surface area contributed by atoms with E-state index in [2.05, 4.69) is 6.07 Å². The van der Waals surface area contributed by atoms with Crippen LogP contribution in [0, 0.1) is 17.2 Å². The second-order valence-corrected chi connectivity index (χ2v) is 3.38. The van der Waals surface area contributed by atoms with Gasteiger partial charge >= 0.3 is 5.97 Å². The summed E-state index contributed by atoms with van der Waals surface area (Å²) in [6.45, 7) is 6.69. The molecule has 14 heavy (non-hydrogen) atoms. The predicted molar refractivity (Wildman–Crippen MR) is 53.7 cm³/mol. The van der Waals surface area contributed by atoms with Crippen LogP contribution in [0.5, 0.6) is 0 Å². The van der Waals surface area contributed by atoms with Gasteiger partial charge in [-0.15, -0.1) is 0 Å². The minimum atomic E-state index is -0.809. The van der Waals surface area contributed by atoms with Gasteiger partial charge in [0.2, 0.25) is 0 Å². The summed E-state index contributed by atoms with van der Waals surface area (Å²) in [5, 5.41) is 17.6. The van der Waals surface area contributed by atoms with Crippen LogP contribution in [0.25, 0.3) is 0 Å². The van der Waals surface area contributed by atoms with Crippen LogP contribution in [-0.4, -0.2) is 35.1 Å². The van der Waals surface area contributed by atoms with Crippen LogP contribution in [0.15, 0.2) is 0 Å². The number of rotatable bonds is 6. The number of nitrogens with zero attached hydrogens (tertiary/aromatic N) is 2. The molecule has 80 valence electrons. The zero-order chi connectivity index (χ0) is 11.1. The zero-order valence-electron chi connectivity index (χ0n) is 9.03. The molecule has 0 saturated carbocycles. The number of nitriles is 1. The van der Waals surface area contributed by atoms with Gasteiger partial charge in [-0.05, 0) is 13.0 Å². The first-order valence-corrected chi connectivity index (χ1v) is 4.93. The van der Waals surface area contributed by atoms with E-state index >= 15 is 0 Å². The summed E-state index contributed by atoms with van der Waals surface area (Å²) in [5.74, 6) is -1.23. The third kappa shape index (κ3) is 3.75. The zero-order valence-corrected chi connectivity index (χ0v) is 9.03. The molecule has 0 aliphatic rings. The molecule has 0 fully saturated rings. The lowest BCUT2D eigenvalue weighted by Crippen LogP contribution is -2.38. The van der Waals surface area contributed by atoms with Crippen molar-refractivity contribution in [2.75, 3.05) is 13.1 Å². The summed E-state index contributed by atoms with van der Waals surface area (Å²) in [5.41, 5.74) is 0.